The molecule has 0 spiro atoms. The normalized spacial score (nSPS) is 12.2. The third-order valence-corrected chi connectivity index (χ3v) is 7.66. The van der Waals surface area contributed by atoms with E-state index < -0.39 is 16.1 Å². The third-order valence-electron chi connectivity index (χ3n) is 5.75. The summed E-state index contributed by atoms with van der Waals surface area (Å²) in [5, 5.41) is 3.64. The summed E-state index contributed by atoms with van der Waals surface area (Å²) in [6.45, 7) is 6.22. The highest BCUT2D eigenvalue weighted by Gasteiger charge is 2.28. The number of benzene rings is 2. The molecule has 2 amide bonds. The molecule has 2 aromatic carbocycles. The van der Waals surface area contributed by atoms with Gasteiger partial charge in [-0.3, -0.25) is 13.9 Å². The first kappa shape index (κ1) is 30.7. The highest BCUT2D eigenvalue weighted by Crippen LogP contribution is 2.27. The van der Waals surface area contributed by atoms with Crippen LogP contribution in [0.25, 0.3) is 0 Å². The number of hydrogen-bond donors (Lipinski definition) is 1. The van der Waals surface area contributed by atoms with Gasteiger partial charge in [-0.25, -0.2) is 8.42 Å². The molecule has 0 aliphatic heterocycles. The van der Waals surface area contributed by atoms with Gasteiger partial charge >= 0.3 is 0 Å². The van der Waals surface area contributed by atoms with Crippen LogP contribution in [0.4, 0.5) is 5.69 Å². The Kier molecular flexibility index (Phi) is 11.5. The molecule has 0 aliphatic rings. The molecule has 2 rings (SSSR count). The molecule has 0 aromatic heterocycles. The van der Waals surface area contributed by atoms with Gasteiger partial charge in [-0.1, -0.05) is 43.1 Å². The molecule has 0 unspecified atom stereocenters. The number of hydrogen-bond acceptors (Lipinski definition) is 5. The Labute approximate surface area is 229 Å². The van der Waals surface area contributed by atoms with Gasteiger partial charge in [0.05, 0.1) is 19.1 Å². The minimum atomic E-state index is -3.59. The summed E-state index contributed by atoms with van der Waals surface area (Å²) in [6.07, 6.45) is 1.38. The van der Waals surface area contributed by atoms with Crippen molar-refractivity contribution in [3.63, 3.8) is 0 Å². The molecule has 8 nitrogen and oxygen atoms in total. The monoisotopic (exact) mass is 571 g/mol. The Hall–Kier alpha value is -2.49. The van der Waals surface area contributed by atoms with E-state index in [-0.39, 0.29) is 43.7 Å². The van der Waals surface area contributed by atoms with Crippen molar-refractivity contribution in [2.75, 3.05) is 30.8 Å². The van der Waals surface area contributed by atoms with E-state index in [0.717, 1.165) is 6.26 Å². The molecule has 11 heteroatoms. The number of carbonyl (C=O) groups excluding carboxylic acids is 2. The van der Waals surface area contributed by atoms with Crippen molar-refractivity contribution < 1.29 is 22.7 Å². The quantitative estimate of drug-likeness (QED) is 0.374. The Morgan fingerprint density at radius 2 is 1.62 bits per heavy atom. The van der Waals surface area contributed by atoms with Crippen LogP contribution in [0.5, 0.6) is 5.75 Å². The van der Waals surface area contributed by atoms with Crippen LogP contribution in [0.1, 0.15) is 39.2 Å². The van der Waals surface area contributed by atoms with Crippen molar-refractivity contribution in [2.24, 2.45) is 5.92 Å². The van der Waals surface area contributed by atoms with Crippen LogP contribution in [-0.4, -0.2) is 57.6 Å². The fraction of sp³-hybridized carbons (Fsp3) is 0.462. The van der Waals surface area contributed by atoms with Crippen LogP contribution < -0.4 is 14.4 Å². The molecular formula is C26H35Cl2N3O5S. The number of sulfonamides is 1. The Morgan fingerprint density at radius 3 is 2.14 bits per heavy atom. The summed E-state index contributed by atoms with van der Waals surface area (Å²) in [7, 11) is -2.06. The largest absolute Gasteiger partial charge is 0.497 e. The number of halogens is 2. The zero-order chi connectivity index (χ0) is 27.8. The van der Waals surface area contributed by atoms with Gasteiger partial charge in [-0.15, -0.1) is 0 Å². The fourth-order valence-corrected chi connectivity index (χ4v) is 5.12. The maximum atomic E-state index is 13.4. The van der Waals surface area contributed by atoms with Crippen molar-refractivity contribution in [3.05, 3.63) is 58.1 Å². The topological polar surface area (TPSA) is 96.0 Å². The van der Waals surface area contributed by atoms with Crippen LogP contribution in [0.2, 0.25) is 10.0 Å². The lowest BCUT2D eigenvalue weighted by Crippen LogP contribution is -2.48. The highest BCUT2D eigenvalue weighted by atomic mass is 35.5. The number of methoxy groups -OCH3 is 1. The molecule has 37 heavy (non-hydrogen) atoms. The van der Waals surface area contributed by atoms with E-state index in [0.29, 0.717) is 33.6 Å². The summed E-state index contributed by atoms with van der Waals surface area (Å²) in [4.78, 5) is 27.6. The van der Waals surface area contributed by atoms with Gasteiger partial charge in [-0.05, 0) is 55.7 Å². The summed E-state index contributed by atoms with van der Waals surface area (Å²) in [6, 6.07) is 10.9. The van der Waals surface area contributed by atoms with E-state index in [1.807, 2.05) is 13.8 Å². The summed E-state index contributed by atoms with van der Waals surface area (Å²) in [5.74, 6) is 0.247. The van der Waals surface area contributed by atoms with Crippen LogP contribution in [0.3, 0.4) is 0 Å². The minimum Gasteiger partial charge on any atom is -0.497 e. The summed E-state index contributed by atoms with van der Waals surface area (Å²) >= 11 is 12.7. The maximum Gasteiger partial charge on any atom is 0.242 e. The standard InChI is InChI=1S/C26H35Cl2N3O5S/c1-18(2)16-29-26(33)19(3)30(17-22-23(27)8-6-9-24(22)28)25(32)10-7-15-31(37(5,34)35)20-11-13-21(36-4)14-12-20/h6,8-9,11-14,18-19H,7,10,15-17H2,1-5H3,(H,29,33)/t19-/m1/s1. The van der Waals surface area contributed by atoms with Crippen molar-refractivity contribution in [1.82, 2.24) is 10.2 Å². The van der Waals surface area contributed by atoms with Gasteiger partial charge in [0.25, 0.3) is 0 Å². The number of anilines is 1. The van der Waals surface area contributed by atoms with E-state index in [2.05, 4.69) is 5.32 Å². The second kappa shape index (κ2) is 13.9. The van der Waals surface area contributed by atoms with E-state index in [4.69, 9.17) is 27.9 Å². The molecule has 0 saturated carbocycles. The molecular weight excluding hydrogens is 537 g/mol. The predicted octanol–water partition coefficient (Wildman–Crippen LogP) is 4.74. The SMILES string of the molecule is COc1ccc(N(CCCC(=O)N(Cc2c(Cl)cccc2Cl)[C@H](C)C(=O)NCC(C)C)S(C)(=O)=O)cc1. The van der Waals surface area contributed by atoms with Crippen LogP contribution in [0.15, 0.2) is 42.5 Å². The van der Waals surface area contributed by atoms with Gasteiger partial charge in [0.1, 0.15) is 11.8 Å². The Balaban J connectivity index is 2.21. The molecule has 204 valence electrons. The number of nitrogens with one attached hydrogen (secondary N) is 1. The van der Waals surface area contributed by atoms with Gasteiger partial charge in [0, 0.05) is 41.7 Å². The minimum absolute atomic E-state index is 0.0199. The molecule has 0 radical (unpaired) electrons. The Bertz CT molecular complexity index is 1150. The lowest BCUT2D eigenvalue weighted by atomic mass is 10.1. The first-order valence-electron chi connectivity index (χ1n) is 12.0. The first-order chi connectivity index (χ1) is 17.3. The summed E-state index contributed by atoms with van der Waals surface area (Å²) < 4.78 is 31.3. The number of rotatable bonds is 13. The molecule has 0 saturated heterocycles. The van der Waals surface area contributed by atoms with Gasteiger partial charge < -0.3 is 15.0 Å². The zero-order valence-corrected chi connectivity index (χ0v) is 24.2. The van der Waals surface area contributed by atoms with E-state index in [9.17, 15) is 18.0 Å². The lowest BCUT2D eigenvalue weighted by Gasteiger charge is -2.30. The molecule has 2 aromatic rings. The average Bonchev–Trinajstić information content (AvgIpc) is 2.83. The highest BCUT2D eigenvalue weighted by molar-refractivity contribution is 7.92. The molecule has 1 N–H and O–H groups in total. The average molecular weight is 573 g/mol. The lowest BCUT2D eigenvalue weighted by molar-refractivity contribution is -0.140. The number of amides is 2. The smallest absolute Gasteiger partial charge is 0.242 e. The molecule has 0 fully saturated rings. The van der Waals surface area contributed by atoms with Gasteiger partial charge in [0.15, 0.2) is 0 Å². The zero-order valence-electron chi connectivity index (χ0n) is 21.8. The maximum absolute atomic E-state index is 13.4. The Morgan fingerprint density at radius 1 is 1.03 bits per heavy atom. The number of carbonyl (C=O) groups is 2. The van der Waals surface area contributed by atoms with Gasteiger partial charge in [-0.2, -0.15) is 0 Å². The van der Waals surface area contributed by atoms with Gasteiger partial charge in [0.2, 0.25) is 21.8 Å². The van der Waals surface area contributed by atoms with E-state index in [1.165, 1.54) is 16.3 Å². The fourth-order valence-electron chi connectivity index (χ4n) is 3.64. The third kappa shape index (κ3) is 9.09. The van der Waals surface area contributed by atoms with Crippen molar-refractivity contribution in [3.8, 4) is 5.75 Å². The number of ether oxygens (including phenoxy) is 1. The van der Waals surface area contributed by atoms with E-state index in [1.54, 1.807) is 49.4 Å². The van der Waals surface area contributed by atoms with Crippen LogP contribution in [0, 0.1) is 5.92 Å². The predicted molar refractivity (Wildman–Crippen MR) is 149 cm³/mol. The van der Waals surface area contributed by atoms with Crippen molar-refractivity contribution in [1.29, 1.82) is 0 Å². The second-order valence-electron chi connectivity index (χ2n) is 9.17. The molecule has 1 atom stereocenters. The van der Waals surface area contributed by atoms with Crippen molar-refractivity contribution >= 4 is 50.7 Å². The molecule has 0 heterocycles. The van der Waals surface area contributed by atoms with Crippen molar-refractivity contribution in [2.45, 2.75) is 46.2 Å². The van der Waals surface area contributed by atoms with Crippen LogP contribution in [-0.2, 0) is 26.2 Å². The van der Waals surface area contributed by atoms with Crippen LogP contribution >= 0.6 is 23.2 Å². The molecule has 0 bridgehead atoms. The summed E-state index contributed by atoms with van der Waals surface area (Å²) in [5.41, 5.74) is 1.01. The van der Waals surface area contributed by atoms with E-state index >= 15 is 0 Å². The molecule has 0 aliphatic carbocycles. The second-order valence-corrected chi connectivity index (χ2v) is 11.9. The number of nitrogens with zero attached hydrogens (tertiary/aromatic N) is 2. The first-order valence-corrected chi connectivity index (χ1v) is 14.6.